The Morgan fingerprint density at radius 1 is 1.00 bits per heavy atom. The smallest absolute Gasteiger partial charge is 0.338 e. The topological polar surface area (TPSA) is 74.8 Å². The summed E-state index contributed by atoms with van der Waals surface area (Å²) in [5, 5.41) is 0. The van der Waals surface area contributed by atoms with Gasteiger partial charge in [0.25, 0.3) is 0 Å². The van der Waals surface area contributed by atoms with Gasteiger partial charge in [0, 0.05) is 5.56 Å². The fourth-order valence-corrected chi connectivity index (χ4v) is 4.53. The highest BCUT2D eigenvalue weighted by Gasteiger charge is 2.30. The molecule has 0 aliphatic rings. The van der Waals surface area contributed by atoms with Gasteiger partial charge in [0.1, 0.15) is 5.82 Å². The summed E-state index contributed by atoms with van der Waals surface area (Å²) in [7, 11) is -2.29. The first-order valence-electron chi connectivity index (χ1n) is 9.96. The molecule has 1 heterocycles. The molecule has 2 N–H and O–H groups in total. The van der Waals surface area contributed by atoms with E-state index in [4.69, 9.17) is 0 Å². The first kappa shape index (κ1) is 22.8. The van der Waals surface area contributed by atoms with Gasteiger partial charge in [0.15, 0.2) is 0 Å². The van der Waals surface area contributed by atoms with Crippen LogP contribution in [0.25, 0.3) is 34.3 Å². The molecule has 0 unspecified atom stereocenters. The fourth-order valence-electron chi connectivity index (χ4n) is 3.57. The average molecular weight is 472 g/mol. The number of hydrogen-bond donors (Lipinski definition) is 2. The number of aromatic nitrogens is 2. The quantitative estimate of drug-likeness (QED) is 0.396. The molecular formula is C24H20F3N3O2S. The summed E-state index contributed by atoms with van der Waals surface area (Å²) in [4.78, 5) is 7.73. The van der Waals surface area contributed by atoms with Crippen molar-refractivity contribution in [1.29, 1.82) is 0 Å². The molecule has 0 spiro atoms. The predicted molar refractivity (Wildman–Crippen MR) is 123 cm³/mol. The Hall–Kier alpha value is -3.43. The van der Waals surface area contributed by atoms with Crippen molar-refractivity contribution in [1.82, 2.24) is 14.7 Å². The van der Waals surface area contributed by atoms with E-state index >= 15 is 0 Å². The Balaban J connectivity index is 1.69. The van der Waals surface area contributed by atoms with Gasteiger partial charge in [-0.2, -0.15) is 13.2 Å². The maximum Gasteiger partial charge on any atom is 0.416 e. The Morgan fingerprint density at radius 2 is 1.76 bits per heavy atom. The number of nitrogens with one attached hydrogen (secondary N) is 2. The zero-order chi connectivity index (χ0) is 23.8. The van der Waals surface area contributed by atoms with Crippen molar-refractivity contribution >= 4 is 33.2 Å². The lowest BCUT2D eigenvalue weighted by Crippen LogP contribution is -2.19. The van der Waals surface area contributed by atoms with Gasteiger partial charge in [-0.1, -0.05) is 36.4 Å². The van der Waals surface area contributed by atoms with E-state index < -0.39 is 21.8 Å². The van der Waals surface area contributed by atoms with Crippen LogP contribution in [0.15, 0.2) is 65.6 Å². The molecule has 0 saturated heterocycles. The van der Waals surface area contributed by atoms with Crippen LogP contribution in [0.3, 0.4) is 0 Å². The van der Waals surface area contributed by atoms with E-state index in [2.05, 4.69) is 14.7 Å². The number of benzene rings is 3. The number of rotatable bonds is 5. The second-order valence-electron chi connectivity index (χ2n) is 7.52. The van der Waals surface area contributed by atoms with Gasteiger partial charge in [-0.25, -0.2) is 18.1 Å². The van der Waals surface area contributed by atoms with Gasteiger partial charge in [-0.15, -0.1) is 0 Å². The van der Waals surface area contributed by atoms with Gasteiger partial charge >= 0.3 is 6.18 Å². The molecule has 33 heavy (non-hydrogen) atoms. The van der Waals surface area contributed by atoms with E-state index in [9.17, 15) is 21.6 Å². The average Bonchev–Trinajstić information content (AvgIpc) is 3.19. The molecule has 0 atom stereocenters. The molecule has 4 rings (SSSR count). The van der Waals surface area contributed by atoms with Gasteiger partial charge < -0.3 is 4.98 Å². The lowest BCUT2D eigenvalue weighted by molar-refractivity contribution is -0.137. The van der Waals surface area contributed by atoms with Gasteiger partial charge in [0.2, 0.25) is 10.0 Å². The minimum absolute atomic E-state index is 0.159. The summed E-state index contributed by atoms with van der Waals surface area (Å²) < 4.78 is 66.3. The van der Waals surface area contributed by atoms with Gasteiger partial charge in [-0.05, 0) is 67.1 Å². The third kappa shape index (κ3) is 4.84. The Labute approximate surface area is 189 Å². The molecular weight excluding hydrogens is 451 g/mol. The molecule has 0 amide bonds. The summed E-state index contributed by atoms with van der Waals surface area (Å²) in [6.45, 7) is 1.61. The third-order valence-corrected chi connectivity index (χ3v) is 6.59. The molecule has 0 bridgehead atoms. The molecule has 5 nitrogen and oxygen atoms in total. The van der Waals surface area contributed by atoms with Crippen molar-refractivity contribution in [2.75, 3.05) is 7.05 Å². The number of alkyl halides is 3. The molecule has 9 heteroatoms. The van der Waals surface area contributed by atoms with E-state index in [1.165, 1.54) is 13.1 Å². The summed E-state index contributed by atoms with van der Waals surface area (Å²) >= 11 is 0. The zero-order valence-corrected chi connectivity index (χ0v) is 18.6. The summed E-state index contributed by atoms with van der Waals surface area (Å²) in [5.74, 6) is 0.466. The maximum atomic E-state index is 13.1. The second-order valence-corrected chi connectivity index (χ2v) is 9.38. The molecule has 0 saturated carbocycles. The van der Waals surface area contributed by atoms with Crippen LogP contribution < -0.4 is 4.72 Å². The number of aryl methyl sites for hydroxylation is 1. The van der Waals surface area contributed by atoms with Crippen LogP contribution in [0.4, 0.5) is 13.2 Å². The summed E-state index contributed by atoms with van der Waals surface area (Å²) in [6, 6.07) is 15.8. The molecule has 1 aromatic heterocycles. The van der Waals surface area contributed by atoms with Crippen LogP contribution in [0, 0.1) is 6.92 Å². The van der Waals surface area contributed by atoms with Crippen LogP contribution in [-0.2, 0) is 16.2 Å². The number of sulfonamides is 1. The fraction of sp³-hybridized carbons (Fsp3) is 0.125. The van der Waals surface area contributed by atoms with Crippen LogP contribution >= 0.6 is 0 Å². The molecule has 4 aromatic rings. The van der Waals surface area contributed by atoms with Crippen LogP contribution in [0.2, 0.25) is 0 Å². The number of nitrogens with zero attached hydrogens (tertiary/aromatic N) is 1. The van der Waals surface area contributed by atoms with Crippen molar-refractivity contribution in [3.63, 3.8) is 0 Å². The van der Waals surface area contributed by atoms with E-state index in [1.54, 1.807) is 61.5 Å². The van der Waals surface area contributed by atoms with E-state index in [-0.39, 0.29) is 4.90 Å². The molecule has 0 aliphatic carbocycles. The van der Waals surface area contributed by atoms with E-state index in [1.807, 2.05) is 0 Å². The predicted octanol–water partition coefficient (Wildman–Crippen LogP) is 5.64. The Bertz CT molecular complexity index is 1470. The molecule has 0 fully saturated rings. The second kappa shape index (κ2) is 8.49. The van der Waals surface area contributed by atoms with Crippen LogP contribution in [0.1, 0.15) is 22.5 Å². The van der Waals surface area contributed by atoms with Crippen molar-refractivity contribution in [2.24, 2.45) is 0 Å². The van der Waals surface area contributed by atoms with Crippen molar-refractivity contribution in [3.05, 3.63) is 83.2 Å². The SMILES string of the molecule is CNS(=O)(=O)c1ccccc1-c1ccc2nc(/C=C/c3cc(C)cc(C(F)(F)F)c3)[nH]c2c1. The standard InChI is InChI=1S/C24H20F3N3O2S/c1-15-11-16(13-18(12-15)24(25,26)27)7-10-23-29-20-9-8-17(14-21(20)30-23)19-5-3-4-6-22(19)33(31,32)28-2/h3-14,28H,1-2H3,(H,29,30)/b10-7+. The largest absolute Gasteiger partial charge is 0.416 e. The zero-order valence-electron chi connectivity index (χ0n) is 17.7. The van der Waals surface area contributed by atoms with Crippen LogP contribution in [0.5, 0.6) is 0 Å². The Morgan fingerprint density at radius 3 is 2.48 bits per heavy atom. The minimum atomic E-state index is -4.42. The number of fused-ring (bicyclic) bond motifs is 1. The number of imidazole rings is 1. The number of H-pyrrole nitrogens is 1. The number of hydrogen-bond acceptors (Lipinski definition) is 3. The summed E-state index contributed by atoms with van der Waals surface area (Å²) in [5.41, 5.74) is 2.76. The van der Waals surface area contributed by atoms with Crippen molar-refractivity contribution in [2.45, 2.75) is 18.0 Å². The monoisotopic (exact) mass is 471 g/mol. The number of aromatic amines is 1. The van der Waals surface area contributed by atoms with E-state index in [0.29, 0.717) is 39.1 Å². The minimum Gasteiger partial charge on any atom is -0.338 e. The Kier molecular flexibility index (Phi) is 5.85. The van der Waals surface area contributed by atoms with Gasteiger partial charge in [-0.3, -0.25) is 0 Å². The summed E-state index contributed by atoms with van der Waals surface area (Å²) in [6.07, 6.45) is -1.24. The lowest BCUT2D eigenvalue weighted by Gasteiger charge is -2.09. The first-order valence-corrected chi connectivity index (χ1v) is 11.4. The number of halogens is 3. The molecule has 3 aromatic carbocycles. The highest BCUT2D eigenvalue weighted by Crippen LogP contribution is 2.31. The highest BCUT2D eigenvalue weighted by atomic mass is 32.2. The van der Waals surface area contributed by atoms with Gasteiger partial charge in [0.05, 0.1) is 21.5 Å². The normalized spacial score (nSPS) is 12.6. The van der Waals surface area contributed by atoms with Crippen LogP contribution in [-0.4, -0.2) is 25.4 Å². The lowest BCUT2D eigenvalue weighted by atomic mass is 10.1. The third-order valence-electron chi connectivity index (χ3n) is 5.12. The molecule has 0 aliphatic heterocycles. The van der Waals surface area contributed by atoms with Crippen molar-refractivity contribution < 1.29 is 21.6 Å². The maximum absolute atomic E-state index is 13.1. The molecule has 0 radical (unpaired) electrons. The van der Waals surface area contributed by atoms with Crippen molar-refractivity contribution in [3.8, 4) is 11.1 Å². The molecule has 170 valence electrons. The highest BCUT2D eigenvalue weighted by molar-refractivity contribution is 7.89. The van der Waals surface area contributed by atoms with E-state index in [0.717, 1.165) is 12.1 Å². The first-order chi connectivity index (χ1) is 15.6.